The van der Waals surface area contributed by atoms with Gasteiger partial charge >= 0.3 is 0 Å². The molecule has 140 valence electrons. The van der Waals surface area contributed by atoms with E-state index in [1.165, 1.54) is 19.3 Å². The van der Waals surface area contributed by atoms with E-state index in [9.17, 15) is 4.79 Å². The second kappa shape index (κ2) is 9.96. The summed E-state index contributed by atoms with van der Waals surface area (Å²) in [5.74, 6) is 1.19. The van der Waals surface area contributed by atoms with Gasteiger partial charge in [0.25, 0.3) is 0 Å². The molecule has 3 nitrogen and oxygen atoms in total. The smallest absolute Gasteiger partial charge is 0.141 e. The number of halogens is 1. The molecule has 0 aromatic heterocycles. The molecule has 0 bridgehead atoms. The van der Waals surface area contributed by atoms with Crippen molar-refractivity contribution in [3.05, 3.63) is 34.9 Å². The molecule has 25 heavy (non-hydrogen) atoms. The number of thioether (sulfide) groups is 1. The fourth-order valence-electron chi connectivity index (χ4n) is 3.37. The van der Waals surface area contributed by atoms with E-state index >= 15 is 0 Å². The molecular formula is C20H31ClN2OS. The van der Waals surface area contributed by atoms with Crippen LogP contribution in [0.5, 0.6) is 0 Å². The number of piperidine rings is 1. The van der Waals surface area contributed by atoms with Crippen molar-refractivity contribution in [2.45, 2.75) is 44.8 Å². The number of Topliss-reactive ketones (excluding diaryl/α,β-unsaturated/α-hetero) is 1. The topological polar surface area (TPSA) is 46.3 Å². The van der Waals surface area contributed by atoms with Gasteiger partial charge in [0.05, 0.1) is 0 Å². The molecule has 1 aliphatic rings. The third kappa shape index (κ3) is 6.59. The van der Waals surface area contributed by atoms with Crippen molar-refractivity contribution in [2.24, 2.45) is 11.1 Å². The highest BCUT2D eigenvalue weighted by Gasteiger charge is 2.32. The fourth-order valence-corrected chi connectivity index (χ4v) is 4.54. The summed E-state index contributed by atoms with van der Waals surface area (Å²) in [5.41, 5.74) is 6.53. The van der Waals surface area contributed by atoms with E-state index in [1.807, 2.05) is 24.3 Å². The number of nitrogens with zero attached hydrogens (tertiary/aromatic N) is 1. The Morgan fingerprint density at radius 1 is 1.24 bits per heavy atom. The van der Waals surface area contributed by atoms with E-state index in [2.05, 4.69) is 18.7 Å². The van der Waals surface area contributed by atoms with Gasteiger partial charge in [0.2, 0.25) is 0 Å². The molecule has 5 heteroatoms. The van der Waals surface area contributed by atoms with E-state index in [4.69, 9.17) is 17.3 Å². The number of hydrogen-bond donors (Lipinski definition) is 1. The zero-order valence-corrected chi connectivity index (χ0v) is 17.0. The lowest BCUT2D eigenvalue weighted by Crippen LogP contribution is -2.42. The van der Waals surface area contributed by atoms with Crippen LogP contribution in [0.2, 0.25) is 5.02 Å². The fraction of sp³-hybridized carbons (Fsp3) is 0.650. The predicted molar refractivity (Wildman–Crippen MR) is 109 cm³/mol. The summed E-state index contributed by atoms with van der Waals surface area (Å²) in [6.45, 7) is 7.92. The van der Waals surface area contributed by atoms with Crippen LogP contribution in [0.15, 0.2) is 24.3 Å². The number of carbonyl (C=O) groups is 1. The van der Waals surface area contributed by atoms with Crippen molar-refractivity contribution in [3.8, 4) is 0 Å². The van der Waals surface area contributed by atoms with E-state index in [1.54, 1.807) is 11.8 Å². The summed E-state index contributed by atoms with van der Waals surface area (Å²) in [6, 6.07) is 7.86. The van der Waals surface area contributed by atoms with Crippen molar-refractivity contribution in [2.75, 3.05) is 31.9 Å². The van der Waals surface area contributed by atoms with Crippen molar-refractivity contribution < 1.29 is 4.79 Å². The van der Waals surface area contributed by atoms with Crippen LogP contribution in [-0.2, 0) is 4.79 Å². The van der Waals surface area contributed by atoms with Gasteiger partial charge in [-0.25, -0.2) is 0 Å². The molecule has 2 rings (SSSR count). The molecule has 2 N–H and O–H groups in total. The maximum atomic E-state index is 13.1. The molecule has 1 aliphatic heterocycles. The largest absolute Gasteiger partial charge is 0.330 e. The summed E-state index contributed by atoms with van der Waals surface area (Å²) in [6.07, 6.45) is 4.38. The molecule has 1 fully saturated rings. The molecule has 1 aromatic carbocycles. The summed E-state index contributed by atoms with van der Waals surface area (Å²) >= 11 is 7.78. The molecule has 0 saturated carbocycles. The van der Waals surface area contributed by atoms with Crippen LogP contribution in [0.3, 0.4) is 0 Å². The van der Waals surface area contributed by atoms with Gasteiger partial charge in [-0.05, 0) is 43.6 Å². The van der Waals surface area contributed by atoms with E-state index in [0.29, 0.717) is 18.7 Å². The zero-order valence-electron chi connectivity index (χ0n) is 15.5. The molecule has 0 unspecified atom stereocenters. The van der Waals surface area contributed by atoms with E-state index in [-0.39, 0.29) is 10.7 Å². The van der Waals surface area contributed by atoms with Crippen molar-refractivity contribution in [1.82, 2.24) is 4.90 Å². The van der Waals surface area contributed by atoms with E-state index < -0.39 is 0 Å². The molecule has 0 amide bonds. The first-order chi connectivity index (χ1) is 11.9. The van der Waals surface area contributed by atoms with Crippen molar-refractivity contribution in [3.63, 3.8) is 0 Å². The lowest BCUT2D eigenvalue weighted by molar-refractivity contribution is -0.128. The standard InChI is InChI=1S/C20H31ClN2OS/c1-20(2,15-23-11-4-3-5-12-23)19(24)14-18(25-13-10-22)16-6-8-17(21)9-7-16/h6-9,18H,3-5,10-15,22H2,1-2H3/t18-/m1/s1. The monoisotopic (exact) mass is 382 g/mol. The Morgan fingerprint density at radius 3 is 2.48 bits per heavy atom. The Kier molecular flexibility index (Phi) is 8.27. The Balaban J connectivity index is 2.02. The Hall–Kier alpha value is -0.550. The zero-order chi connectivity index (χ0) is 18.3. The van der Waals surface area contributed by atoms with Crippen molar-refractivity contribution in [1.29, 1.82) is 0 Å². The first-order valence-electron chi connectivity index (χ1n) is 9.25. The quantitative estimate of drug-likeness (QED) is 0.680. The van der Waals surface area contributed by atoms with Crippen LogP contribution in [0.25, 0.3) is 0 Å². The SMILES string of the molecule is CC(C)(CN1CCCCC1)C(=O)C[C@@H](SCCN)c1ccc(Cl)cc1. The highest BCUT2D eigenvalue weighted by Crippen LogP contribution is 2.36. The second-order valence-corrected chi connectivity index (χ2v) is 9.29. The molecule has 0 spiro atoms. The molecule has 1 heterocycles. The maximum absolute atomic E-state index is 13.1. The first kappa shape index (κ1) is 20.8. The number of carbonyl (C=O) groups excluding carboxylic acids is 1. The number of ketones is 1. The summed E-state index contributed by atoms with van der Waals surface area (Å²) < 4.78 is 0. The van der Waals surface area contributed by atoms with Crippen LogP contribution < -0.4 is 5.73 Å². The van der Waals surface area contributed by atoms with Gasteiger partial charge in [-0.2, -0.15) is 11.8 Å². The second-order valence-electron chi connectivity index (χ2n) is 7.55. The maximum Gasteiger partial charge on any atom is 0.141 e. The van der Waals surface area contributed by atoms with Crippen LogP contribution in [0.4, 0.5) is 0 Å². The molecule has 0 aliphatic carbocycles. The minimum atomic E-state index is -0.314. The first-order valence-corrected chi connectivity index (χ1v) is 10.7. The highest BCUT2D eigenvalue weighted by atomic mass is 35.5. The average Bonchev–Trinajstić information content (AvgIpc) is 2.59. The van der Waals surface area contributed by atoms with Crippen LogP contribution in [-0.4, -0.2) is 42.6 Å². The Bertz CT molecular complexity index is 541. The Morgan fingerprint density at radius 2 is 1.88 bits per heavy atom. The van der Waals surface area contributed by atoms with Gasteiger partial charge in [-0.15, -0.1) is 0 Å². The van der Waals surface area contributed by atoms with Gasteiger partial charge in [-0.1, -0.05) is 44.0 Å². The van der Waals surface area contributed by atoms with Gasteiger partial charge in [0, 0.05) is 41.0 Å². The van der Waals surface area contributed by atoms with Crippen molar-refractivity contribution >= 4 is 29.1 Å². The molecular weight excluding hydrogens is 352 g/mol. The number of rotatable bonds is 9. The third-order valence-corrected chi connectivity index (χ3v) is 6.44. The van der Waals surface area contributed by atoms with Crippen LogP contribution in [0, 0.1) is 5.41 Å². The highest BCUT2D eigenvalue weighted by molar-refractivity contribution is 7.99. The van der Waals surface area contributed by atoms with Gasteiger partial charge in [-0.3, -0.25) is 4.79 Å². The summed E-state index contributed by atoms with van der Waals surface area (Å²) in [5, 5.41) is 0.872. The molecule has 0 radical (unpaired) electrons. The van der Waals surface area contributed by atoms with Gasteiger partial charge in [0.15, 0.2) is 0 Å². The number of hydrogen-bond acceptors (Lipinski definition) is 4. The average molecular weight is 383 g/mol. The molecule has 1 aromatic rings. The third-order valence-electron chi connectivity index (χ3n) is 4.87. The Labute approximate surface area is 161 Å². The number of benzene rings is 1. The van der Waals surface area contributed by atoms with E-state index in [0.717, 1.165) is 36.0 Å². The lowest BCUT2D eigenvalue weighted by atomic mass is 9.84. The minimum Gasteiger partial charge on any atom is -0.330 e. The molecule has 1 saturated heterocycles. The minimum absolute atomic E-state index is 0.147. The van der Waals surface area contributed by atoms with Gasteiger partial charge in [0.1, 0.15) is 5.78 Å². The number of likely N-dealkylation sites (tertiary alicyclic amines) is 1. The number of nitrogens with two attached hydrogens (primary N) is 1. The summed E-state index contributed by atoms with van der Waals surface area (Å²) in [7, 11) is 0. The predicted octanol–water partition coefficient (Wildman–Crippen LogP) is 4.54. The van der Waals surface area contributed by atoms with Gasteiger partial charge < -0.3 is 10.6 Å². The lowest BCUT2D eigenvalue weighted by Gasteiger charge is -2.34. The van der Waals surface area contributed by atoms with Crippen LogP contribution in [0.1, 0.15) is 50.3 Å². The van der Waals surface area contributed by atoms with Crippen LogP contribution >= 0.6 is 23.4 Å². The normalized spacial score (nSPS) is 17.4. The summed E-state index contributed by atoms with van der Waals surface area (Å²) in [4.78, 5) is 15.5. The molecule has 1 atom stereocenters.